The fourth-order valence-electron chi connectivity index (χ4n) is 7.23. The van der Waals surface area contributed by atoms with Crippen LogP contribution in [0.5, 0.6) is 23.0 Å². The predicted molar refractivity (Wildman–Crippen MR) is 268 cm³/mol. The van der Waals surface area contributed by atoms with Gasteiger partial charge in [-0.1, -0.05) is 59.6 Å². The van der Waals surface area contributed by atoms with Gasteiger partial charge in [-0.15, -0.1) is 0 Å². The number of carboxylic acid groups (broad SMARTS) is 2. The average Bonchev–Trinajstić information content (AvgIpc) is 3.36. The largest absolute Gasteiger partial charge is 0.488 e. The normalized spacial score (nSPS) is 13.0. The molecular weight excluding hydrogens is 952 g/mol. The molecule has 18 heteroatoms. The summed E-state index contributed by atoms with van der Waals surface area (Å²) in [4.78, 5) is 36.3. The molecule has 0 radical (unpaired) electrons. The monoisotopic (exact) mass is 1000 g/mol. The zero-order valence-corrected chi connectivity index (χ0v) is 41.3. The van der Waals surface area contributed by atoms with Crippen molar-refractivity contribution in [3.8, 4) is 40.2 Å². The molecule has 6 aromatic rings. The van der Waals surface area contributed by atoms with E-state index < -0.39 is 36.2 Å². The number of ether oxygens (including phenoxy) is 4. The second-order valence-electron chi connectivity index (χ2n) is 17.1. The lowest BCUT2D eigenvalue weighted by molar-refractivity contribution is -0.146. The number of nitrogens with one attached hydrogen (secondary N) is 2. The summed E-state index contributed by atoms with van der Waals surface area (Å²) in [5, 5.41) is 54.9. The Morgan fingerprint density at radius 1 is 0.662 bits per heavy atom. The maximum Gasteiger partial charge on any atom is 0.326 e. The lowest BCUT2D eigenvalue weighted by Gasteiger charge is -2.25. The maximum atomic E-state index is 12.0. The van der Waals surface area contributed by atoms with Gasteiger partial charge in [0.15, 0.2) is 0 Å². The highest BCUT2D eigenvalue weighted by Gasteiger charge is 2.33. The van der Waals surface area contributed by atoms with Crippen LogP contribution < -0.4 is 29.6 Å². The van der Waals surface area contributed by atoms with Gasteiger partial charge in [-0.25, -0.2) is 0 Å². The smallest absolute Gasteiger partial charge is 0.326 e. The molecule has 16 nitrogen and oxygen atoms in total. The van der Waals surface area contributed by atoms with Crippen molar-refractivity contribution in [3.05, 3.63) is 163 Å². The number of hydrogen-bond donors (Lipinski definition) is 6. The fraction of sp³-hybridized carbons (Fsp3) is 0.283. The standard InChI is InChI=1S/C53H54Cl2N6O10/c1-32-38(28-70-48-16-46(68-26-36-12-34(18-56)20-58-22-36)40(14-44(48)54)24-60-52(3,30-62)50(64)65)8-6-10-42(32)43-11-7-9-39(33(43)2)29-71-49-17-47(69-27-37-13-35(19-57-5)21-59-23-37)41(15-45(49)55)25-61-53(4,31-63)51(66)67/h6-17,19-23,60-63H,24-31H2,1-5H3,(H,64,65)(H,66,67). The van der Waals surface area contributed by atoms with E-state index in [0.717, 1.165) is 44.5 Å². The molecule has 0 saturated heterocycles. The van der Waals surface area contributed by atoms with Crippen LogP contribution in [0, 0.1) is 25.2 Å². The Labute approximate surface area is 421 Å². The van der Waals surface area contributed by atoms with Crippen LogP contribution in [0.2, 0.25) is 10.0 Å². The summed E-state index contributed by atoms with van der Waals surface area (Å²) in [6.07, 6.45) is 8.06. The summed E-state index contributed by atoms with van der Waals surface area (Å²) in [5.74, 6) is -1.08. The zero-order chi connectivity index (χ0) is 51.3. The van der Waals surface area contributed by atoms with E-state index in [4.69, 9.17) is 42.1 Å². The van der Waals surface area contributed by atoms with Gasteiger partial charge >= 0.3 is 11.9 Å². The lowest BCUT2D eigenvalue weighted by atomic mass is 9.92. The topological polar surface area (TPSA) is 238 Å². The van der Waals surface area contributed by atoms with Crippen LogP contribution in [-0.4, -0.2) is 79.9 Å². The summed E-state index contributed by atoms with van der Waals surface area (Å²) in [7, 11) is 1.67. The predicted octanol–water partition coefficient (Wildman–Crippen LogP) is 8.15. The van der Waals surface area contributed by atoms with Crippen molar-refractivity contribution in [1.29, 1.82) is 5.26 Å². The van der Waals surface area contributed by atoms with Crippen molar-refractivity contribution in [3.63, 3.8) is 0 Å². The van der Waals surface area contributed by atoms with Crippen molar-refractivity contribution < 1.29 is 49.0 Å². The maximum absolute atomic E-state index is 12.0. The Morgan fingerprint density at radius 2 is 1.11 bits per heavy atom. The first kappa shape index (κ1) is 53.3. The van der Waals surface area contributed by atoms with Crippen LogP contribution in [0.1, 0.15) is 69.5 Å². The molecule has 4 aromatic carbocycles. The van der Waals surface area contributed by atoms with Gasteiger partial charge in [-0.2, -0.15) is 5.26 Å². The van der Waals surface area contributed by atoms with Crippen LogP contribution in [0.3, 0.4) is 0 Å². The molecule has 0 saturated carbocycles. The average molecular weight is 1010 g/mol. The first-order valence-electron chi connectivity index (χ1n) is 22.2. The molecule has 71 heavy (non-hydrogen) atoms. The van der Waals surface area contributed by atoms with Crippen molar-refractivity contribution in [2.75, 3.05) is 20.3 Å². The number of benzene rings is 4. The number of nitriles is 1. The number of rotatable bonds is 24. The number of nitrogens with zero attached hydrogens (tertiary/aromatic N) is 4. The minimum Gasteiger partial charge on any atom is -0.488 e. The molecule has 2 aromatic heterocycles. The van der Waals surface area contributed by atoms with Gasteiger partial charge in [-0.05, 0) is 85.3 Å². The quantitative estimate of drug-likeness (QED) is 0.0314. The molecule has 2 heterocycles. The van der Waals surface area contributed by atoms with Gasteiger partial charge in [-0.3, -0.25) is 35.2 Å². The fourth-order valence-corrected chi connectivity index (χ4v) is 7.71. The van der Waals surface area contributed by atoms with Gasteiger partial charge in [0, 0.05) is 91.1 Å². The summed E-state index contributed by atoms with van der Waals surface area (Å²) < 4.78 is 25.2. The van der Waals surface area contributed by atoms with E-state index in [1.165, 1.54) is 20.0 Å². The number of aromatic nitrogens is 2. The Kier molecular flexibility index (Phi) is 18.1. The van der Waals surface area contributed by atoms with Crippen LogP contribution >= 0.6 is 23.2 Å². The first-order chi connectivity index (χ1) is 34.0. The number of aliphatic carboxylic acids is 2. The third-order valence-corrected chi connectivity index (χ3v) is 12.5. The third kappa shape index (κ3) is 13.4. The van der Waals surface area contributed by atoms with Crippen LogP contribution in [0.4, 0.5) is 0 Å². The van der Waals surface area contributed by atoms with Gasteiger partial charge in [0.2, 0.25) is 0 Å². The SMILES string of the molecule is CN=Cc1cncc(COc2cc(OCc3cccc(-c4cccc(COc5cc(OCc6cncc(C#N)c6)c(CNC(C)(CO)C(=O)O)cc5Cl)c4C)c3C)c(Cl)cc2CNC(C)(CO)C(=O)O)c1. The molecule has 6 rings (SSSR count). The number of pyridine rings is 2. The van der Waals surface area contributed by atoms with Gasteiger partial charge in [0.1, 0.15) is 66.6 Å². The minimum atomic E-state index is -1.63. The molecule has 0 aliphatic rings. The Hall–Kier alpha value is -7.10. The lowest BCUT2D eigenvalue weighted by Crippen LogP contribution is -2.52. The van der Waals surface area contributed by atoms with E-state index in [2.05, 4.69) is 31.7 Å². The summed E-state index contributed by atoms with van der Waals surface area (Å²) in [5.41, 5.74) is 5.98. The number of carboxylic acids is 2. The molecule has 0 aliphatic carbocycles. The molecule has 6 N–H and O–H groups in total. The molecule has 370 valence electrons. The van der Waals surface area contributed by atoms with E-state index in [9.17, 15) is 35.3 Å². The van der Waals surface area contributed by atoms with Crippen LogP contribution in [-0.2, 0) is 49.1 Å². The van der Waals surface area contributed by atoms with E-state index in [0.29, 0.717) is 45.3 Å². The van der Waals surface area contributed by atoms with Crippen LogP contribution in [0.15, 0.2) is 103 Å². The molecule has 0 fully saturated rings. The molecule has 2 atom stereocenters. The van der Waals surface area contributed by atoms with Crippen molar-refractivity contribution in [1.82, 2.24) is 20.6 Å². The minimum absolute atomic E-state index is 0.0108. The van der Waals surface area contributed by atoms with Crippen molar-refractivity contribution in [2.24, 2.45) is 4.99 Å². The molecule has 0 spiro atoms. The number of aliphatic hydroxyl groups is 2. The third-order valence-electron chi connectivity index (χ3n) is 11.9. The zero-order valence-electron chi connectivity index (χ0n) is 39.8. The molecule has 0 amide bonds. The number of halogens is 2. The van der Waals surface area contributed by atoms with Crippen LogP contribution in [0.25, 0.3) is 11.1 Å². The number of aliphatic imine (C=N–C) groups is 1. The van der Waals surface area contributed by atoms with E-state index in [1.54, 1.807) is 62.2 Å². The highest BCUT2D eigenvalue weighted by molar-refractivity contribution is 6.32. The van der Waals surface area contributed by atoms with Gasteiger partial charge in [0.25, 0.3) is 0 Å². The van der Waals surface area contributed by atoms with E-state index >= 15 is 0 Å². The summed E-state index contributed by atoms with van der Waals surface area (Å²) in [6.45, 7) is 5.90. The number of hydrogen-bond acceptors (Lipinski definition) is 14. The van der Waals surface area contributed by atoms with Crippen molar-refractivity contribution >= 4 is 41.4 Å². The first-order valence-corrected chi connectivity index (χ1v) is 23.0. The Bertz CT molecular complexity index is 2970. The second kappa shape index (κ2) is 24.1. The highest BCUT2D eigenvalue weighted by atomic mass is 35.5. The molecule has 2 unspecified atom stereocenters. The highest BCUT2D eigenvalue weighted by Crippen LogP contribution is 2.38. The number of aliphatic hydroxyl groups excluding tert-OH is 2. The van der Waals surface area contributed by atoms with E-state index in [-0.39, 0.29) is 49.6 Å². The molecular formula is C53H54Cl2N6O10. The summed E-state index contributed by atoms with van der Waals surface area (Å²) >= 11 is 13.6. The second-order valence-corrected chi connectivity index (χ2v) is 17.9. The summed E-state index contributed by atoms with van der Waals surface area (Å²) in [6, 6.07) is 24.0. The van der Waals surface area contributed by atoms with Gasteiger partial charge in [0.05, 0.1) is 28.8 Å². The van der Waals surface area contributed by atoms with Gasteiger partial charge < -0.3 is 39.4 Å². The van der Waals surface area contributed by atoms with Crippen molar-refractivity contribution in [2.45, 2.75) is 78.3 Å². The Balaban J connectivity index is 1.22. The molecule has 0 bridgehead atoms. The molecule has 0 aliphatic heterocycles. The number of carbonyl (C=O) groups is 2. The Morgan fingerprint density at radius 3 is 1.55 bits per heavy atom. The van der Waals surface area contributed by atoms with E-state index in [1.807, 2.05) is 56.3 Å².